The van der Waals surface area contributed by atoms with Crippen LogP contribution in [-0.2, 0) is 7.05 Å². The maximum absolute atomic E-state index is 6.43. The van der Waals surface area contributed by atoms with Crippen molar-refractivity contribution in [2.75, 3.05) is 36.2 Å². The third-order valence-corrected chi connectivity index (χ3v) is 16.0. The van der Waals surface area contributed by atoms with Gasteiger partial charge in [-0.25, -0.2) is 0 Å². The molecule has 1 aromatic heterocycles. The number of hydrogen-bond acceptors (Lipinski definition) is 6. The fourth-order valence-corrected chi connectivity index (χ4v) is 10.6. The van der Waals surface area contributed by atoms with Crippen molar-refractivity contribution in [3.63, 3.8) is 0 Å². The molecule has 0 amide bonds. The molecule has 408 valence electrons. The van der Waals surface area contributed by atoms with E-state index in [2.05, 4.69) is 210 Å². The van der Waals surface area contributed by atoms with E-state index in [0.717, 1.165) is 109 Å². The molecule has 0 saturated carbocycles. The molecule has 4 unspecified atom stereocenters. The molecule has 0 aliphatic carbocycles. The van der Waals surface area contributed by atoms with E-state index in [1.54, 1.807) is 0 Å². The van der Waals surface area contributed by atoms with E-state index in [9.17, 15) is 0 Å². The van der Waals surface area contributed by atoms with Gasteiger partial charge in [-0.05, 0) is 183 Å². The van der Waals surface area contributed by atoms with Gasteiger partial charge in [-0.15, -0.1) is 0 Å². The molecule has 7 heteroatoms. The minimum Gasteiger partial charge on any atom is -0.493 e. The molecule has 0 saturated heterocycles. The Labute approximate surface area is 458 Å². The van der Waals surface area contributed by atoms with Crippen molar-refractivity contribution in [1.29, 1.82) is 0 Å². The highest BCUT2D eigenvalue weighted by atomic mass is 16.5. The number of nitrogens with zero attached hydrogens (tertiary/aromatic N) is 3. The van der Waals surface area contributed by atoms with E-state index in [1.807, 2.05) is 0 Å². The van der Waals surface area contributed by atoms with Gasteiger partial charge in [0, 0.05) is 63.0 Å². The second kappa shape index (κ2) is 30.0. The Hall–Kier alpha value is -6.08. The minimum atomic E-state index is 0.564. The van der Waals surface area contributed by atoms with Crippen LogP contribution in [0.3, 0.4) is 0 Å². The highest BCUT2D eigenvalue weighted by Gasteiger charge is 2.21. The zero-order valence-corrected chi connectivity index (χ0v) is 48.1. The quantitative estimate of drug-likeness (QED) is 0.0401. The average molecular weight is 1030 g/mol. The average Bonchev–Trinajstić information content (AvgIpc) is 3.74. The van der Waals surface area contributed by atoms with Gasteiger partial charge in [0.2, 0.25) is 0 Å². The maximum Gasteiger partial charge on any atom is 0.119 e. The van der Waals surface area contributed by atoms with Crippen molar-refractivity contribution >= 4 is 55.9 Å². The predicted molar refractivity (Wildman–Crippen MR) is 325 cm³/mol. The molecule has 6 aromatic carbocycles. The van der Waals surface area contributed by atoms with Crippen LogP contribution in [0, 0.1) is 23.7 Å². The van der Waals surface area contributed by atoms with E-state index < -0.39 is 0 Å². The van der Waals surface area contributed by atoms with Gasteiger partial charge in [-0.1, -0.05) is 132 Å². The molecule has 0 bridgehead atoms. The van der Waals surface area contributed by atoms with Crippen LogP contribution in [0.15, 0.2) is 133 Å². The Morgan fingerprint density at radius 2 is 0.566 bits per heavy atom. The van der Waals surface area contributed by atoms with Crippen LogP contribution in [0.2, 0.25) is 0 Å². The number of benzene rings is 6. The number of fused-ring (bicyclic) bond motifs is 3. The van der Waals surface area contributed by atoms with Crippen LogP contribution in [-0.4, -0.2) is 31.0 Å². The van der Waals surface area contributed by atoms with Crippen molar-refractivity contribution in [3.8, 4) is 23.0 Å². The lowest BCUT2D eigenvalue weighted by Gasteiger charge is -2.27. The first-order chi connectivity index (χ1) is 37.2. The van der Waals surface area contributed by atoms with Crippen LogP contribution >= 0.6 is 0 Å². The number of unbranched alkanes of at least 4 members (excludes halogenated alkanes) is 4. The molecule has 76 heavy (non-hydrogen) atoms. The lowest BCUT2D eigenvalue weighted by molar-refractivity contribution is 0.233. The SMILES string of the molecule is CCCCC(CC)COc1ccc(N(c2ccc(OCC(CC)CCCC)cc2)c2ccc3c(c2)c2cc(N(c4ccc(OCC(CC)CCCC)cc4)c4ccc(OCC(CC)CCCC)cc4)ccc2n3C)cc1. The topological polar surface area (TPSA) is 48.3 Å². The first-order valence-corrected chi connectivity index (χ1v) is 29.8. The Morgan fingerprint density at radius 3 is 0.789 bits per heavy atom. The van der Waals surface area contributed by atoms with Gasteiger partial charge >= 0.3 is 0 Å². The van der Waals surface area contributed by atoms with Crippen LogP contribution in [0.1, 0.15) is 158 Å². The van der Waals surface area contributed by atoms with Crippen LogP contribution in [0.25, 0.3) is 21.8 Å². The number of anilines is 6. The van der Waals surface area contributed by atoms with Crippen LogP contribution < -0.4 is 28.7 Å². The van der Waals surface area contributed by atoms with Gasteiger partial charge < -0.3 is 33.3 Å². The van der Waals surface area contributed by atoms with Crippen LogP contribution in [0.5, 0.6) is 23.0 Å². The molecule has 1 heterocycles. The Bertz CT molecular complexity index is 2430. The summed E-state index contributed by atoms with van der Waals surface area (Å²) in [6, 6.07) is 48.5. The summed E-state index contributed by atoms with van der Waals surface area (Å²) in [5, 5.41) is 2.37. The van der Waals surface area contributed by atoms with E-state index in [1.165, 1.54) is 98.9 Å². The fraction of sp³-hybridized carbons (Fsp3) is 0.478. The first-order valence-electron chi connectivity index (χ1n) is 29.8. The Morgan fingerprint density at radius 1 is 0.329 bits per heavy atom. The summed E-state index contributed by atoms with van der Waals surface area (Å²) in [6.45, 7) is 21.1. The molecule has 0 radical (unpaired) electrons. The highest BCUT2D eigenvalue weighted by Crippen LogP contribution is 2.43. The van der Waals surface area contributed by atoms with E-state index in [0.29, 0.717) is 23.7 Å². The second-order valence-electron chi connectivity index (χ2n) is 21.5. The van der Waals surface area contributed by atoms with Gasteiger partial charge in [0.15, 0.2) is 0 Å². The number of ether oxygens (including phenoxy) is 4. The third kappa shape index (κ3) is 15.5. The summed E-state index contributed by atoms with van der Waals surface area (Å²) in [7, 11) is 2.18. The summed E-state index contributed by atoms with van der Waals surface area (Å²) < 4.78 is 28.0. The largest absolute Gasteiger partial charge is 0.493 e. The summed E-state index contributed by atoms with van der Waals surface area (Å²) in [5.74, 6) is 5.87. The van der Waals surface area contributed by atoms with Gasteiger partial charge in [0.25, 0.3) is 0 Å². The fourth-order valence-electron chi connectivity index (χ4n) is 10.6. The molecule has 7 aromatic rings. The minimum absolute atomic E-state index is 0.564. The third-order valence-electron chi connectivity index (χ3n) is 16.0. The van der Waals surface area contributed by atoms with Crippen molar-refractivity contribution < 1.29 is 18.9 Å². The molecular weight excluding hydrogens is 935 g/mol. The van der Waals surface area contributed by atoms with E-state index in [-0.39, 0.29) is 0 Å². The molecule has 7 nitrogen and oxygen atoms in total. The van der Waals surface area contributed by atoms with Gasteiger partial charge in [0.1, 0.15) is 23.0 Å². The predicted octanol–water partition coefficient (Wildman–Crippen LogP) is 20.7. The number of aromatic nitrogens is 1. The van der Waals surface area contributed by atoms with Gasteiger partial charge in [0.05, 0.1) is 26.4 Å². The number of aryl methyl sites for hydroxylation is 1. The summed E-state index contributed by atoms with van der Waals surface area (Å²) >= 11 is 0. The Kier molecular flexibility index (Phi) is 22.8. The summed E-state index contributed by atoms with van der Waals surface area (Å²) in [4.78, 5) is 4.72. The Balaban J connectivity index is 1.26. The van der Waals surface area contributed by atoms with Crippen molar-refractivity contribution in [2.24, 2.45) is 30.7 Å². The lowest BCUT2D eigenvalue weighted by Crippen LogP contribution is -2.13. The van der Waals surface area contributed by atoms with E-state index in [4.69, 9.17) is 18.9 Å². The number of hydrogen-bond donors (Lipinski definition) is 0. The van der Waals surface area contributed by atoms with Gasteiger partial charge in [-0.2, -0.15) is 0 Å². The monoisotopic (exact) mass is 1030 g/mol. The molecule has 0 aliphatic heterocycles. The number of rotatable bonds is 34. The van der Waals surface area contributed by atoms with Gasteiger partial charge in [-0.3, -0.25) is 0 Å². The smallest absolute Gasteiger partial charge is 0.119 e. The molecule has 0 aliphatic rings. The van der Waals surface area contributed by atoms with Crippen molar-refractivity contribution in [3.05, 3.63) is 133 Å². The second-order valence-corrected chi connectivity index (χ2v) is 21.5. The molecular formula is C69H93N3O4. The van der Waals surface area contributed by atoms with Crippen molar-refractivity contribution in [2.45, 2.75) is 158 Å². The highest BCUT2D eigenvalue weighted by molar-refractivity contribution is 6.11. The summed E-state index contributed by atoms with van der Waals surface area (Å²) in [6.07, 6.45) is 19.1. The molecule has 0 spiro atoms. The molecule has 0 fully saturated rings. The zero-order valence-electron chi connectivity index (χ0n) is 48.1. The van der Waals surface area contributed by atoms with Crippen molar-refractivity contribution in [1.82, 2.24) is 4.57 Å². The summed E-state index contributed by atoms with van der Waals surface area (Å²) in [5.41, 5.74) is 8.75. The molecule has 7 rings (SSSR count). The van der Waals surface area contributed by atoms with Crippen LogP contribution in [0.4, 0.5) is 34.1 Å². The standard InChI is InChI=1S/C69H93N3O4/c1-10-18-22-52(14-5)48-73-62-36-26-56(27-37-62)71(57-28-38-63(39-29-57)74-49-53(15-6)23-19-11-2)60-34-44-68-66(46-60)67-47-61(35-45-69(67)70(68)9)72(58-30-40-64(41-31-58)75-50-54(16-7)24-20-12-3)59-32-42-65(43-33-59)76-51-55(17-8)25-21-13-4/h26-47,52-55H,10-25,48-51H2,1-9H3. The maximum atomic E-state index is 6.43. The lowest BCUT2D eigenvalue weighted by atomic mass is 10.0. The first kappa shape index (κ1) is 57.6. The van der Waals surface area contributed by atoms with E-state index >= 15 is 0 Å². The normalized spacial score (nSPS) is 13.1. The molecule has 4 atom stereocenters. The molecule has 0 N–H and O–H groups in total. The zero-order chi connectivity index (χ0) is 53.7.